The second-order valence-electron chi connectivity index (χ2n) is 5.48. The summed E-state index contributed by atoms with van der Waals surface area (Å²) >= 11 is 7.44. The third-order valence-electron chi connectivity index (χ3n) is 3.88. The zero-order valence-corrected chi connectivity index (χ0v) is 14.1. The number of nitrogen functional groups attached to an aromatic ring is 1. The molecular weight excluding hydrogens is 340 g/mol. The normalized spacial score (nSPS) is 11.0. The molecule has 0 bridgehead atoms. The van der Waals surface area contributed by atoms with Gasteiger partial charge in [0.1, 0.15) is 4.70 Å². The van der Waals surface area contributed by atoms with Crippen molar-refractivity contribution in [2.24, 2.45) is 0 Å². The first-order valence-electron chi connectivity index (χ1n) is 7.39. The summed E-state index contributed by atoms with van der Waals surface area (Å²) < 4.78 is 2.38. The van der Waals surface area contributed by atoms with Crippen LogP contribution in [-0.4, -0.2) is 4.57 Å². The molecule has 0 fully saturated rings. The Labute approximate surface area is 147 Å². The Hall–Kier alpha value is -2.56. The third kappa shape index (κ3) is 2.60. The molecule has 0 amide bonds. The number of hydrogen-bond acceptors (Lipinski definition) is 3. The van der Waals surface area contributed by atoms with Gasteiger partial charge in [0.05, 0.1) is 0 Å². The van der Waals surface area contributed by atoms with Gasteiger partial charge in [0.15, 0.2) is 0 Å². The van der Waals surface area contributed by atoms with Gasteiger partial charge in [0, 0.05) is 32.9 Å². The van der Waals surface area contributed by atoms with Crippen molar-refractivity contribution < 1.29 is 0 Å². The van der Waals surface area contributed by atoms with Crippen molar-refractivity contribution in [3.63, 3.8) is 0 Å². The van der Waals surface area contributed by atoms with Crippen molar-refractivity contribution in [3.05, 3.63) is 82.2 Å². The zero-order valence-electron chi connectivity index (χ0n) is 12.6. The number of benzene rings is 2. The smallest absolute Gasteiger partial charge is 0.273 e. The maximum atomic E-state index is 12.8. The van der Waals surface area contributed by atoms with Crippen LogP contribution in [0.4, 0.5) is 5.69 Å². The minimum atomic E-state index is -0.0255. The van der Waals surface area contributed by atoms with E-state index in [4.69, 9.17) is 17.3 Å². The second-order valence-corrected chi connectivity index (χ2v) is 6.97. The van der Waals surface area contributed by atoms with E-state index in [9.17, 15) is 4.79 Å². The topological polar surface area (TPSA) is 48.0 Å². The fourth-order valence-corrected chi connectivity index (χ4v) is 3.84. The number of thiophene rings is 1. The zero-order chi connectivity index (χ0) is 16.7. The summed E-state index contributed by atoms with van der Waals surface area (Å²) in [5, 5.41) is 1.65. The molecular formula is C19H13ClN2OS. The van der Waals surface area contributed by atoms with Crippen LogP contribution in [-0.2, 0) is 0 Å². The van der Waals surface area contributed by atoms with E-state index < -0.39 is 0 Å². The summed E-state index contributed by atoms with van der Waals surface area (Å²) in [6.45, 7) is 0. The van der Waals surface area contributed by atoms with Gasteiger partial charge >= 0.3 is 0 Å². The summed E-state index contributed by atoms with van der Waals surface area (Å²) in [6.07, 6.45) is 1.80. The number of aromatic nitrogens is 1. The molecule has 0 atom stereocenters. The SMILES string of the molecule is Nc1ccc(-n2ccc3cc(-c4ccc(Cl)cc4)sc3c2=O)cc1. The molecule has 2 aromatic carbocycles. The van der Waals surface area contributed by atoms with E-state index in [2.05, 4.69) is 0 Å². The van der Waals surface area contributed by atoms with Crippen LogP contribution < -0.4 is 11.3 Å². The highest BCUT2D eigenvalue weighted by Gasteiger charge is 2.10. The lowest BCUT2D eigenvalue weighted by Crippen LogP contribution is -2.16. The number of nitrogens with two attached hydrogens (primary N) is 1. The van der Waals surface area contributed by atoms with Gasteiger partial charge in [0.2, 0.25) is 0 Å². The molecule has 24 heavy (non-hydrogen) atoms. The molecule has 5 heteroatoms. The predicted octanol–water partition coefficient (Wildman–Crippen LogP) is 4.95. The molecule has 2 heterocycles. The summed E-state index contributed by atoms with van der Waals surface area (Å²) in [5.74, 6) is 0. The van der Waals surface area contributed by atoms with E-state index in [0.717, 1.165) is 26.2 Å². The summed E-state index contributed by atoms with van der Waals surface area (Å²) in [5.41, 5.74) is 8.22. The van der Waals surface area contributed by atoms with Crippen LogP contribution in [0.3, 0.4) is 0 Å². The maximum absolute atomic E-state index is 12.8. The molecule has 0 aliphatic carbocycles. The van der Waals surface area contributed by atoms with Crippen LogP contribution in [0.1, 0.15) is 0 Å². The fraction of sp³-hybridized carbons (Fsp3) is 0. The first-order chi connectivity index (χ1) is 11.6. The molecule has 0 spiro atoms. The molecule has 118 valence electrons. The minimum Gasteiger partial charge on any atom is -0.399 e. The first-order valence-corrected chi connectivity index (χ1v) is 8.58. The van der Waals surface area contributed by atoms with E-state index in [1.165, 1.54) is 11.3 Å². The third-order valence-corrected chi connectivity index (χ3v) is 5.32. The lowest BCUT2D eigenvalue weighted by molar-refractivity contribution is 1.01. The van der Waals surface area contributed by atoms with E-state index in [-0.39, 0.29) is 5.56 Å². The number of pyridine rings is 1. The van der Waals surface area contributed by atoms with Crippen molar-refractivity contribution in [3.8, 4) is 16.1 Å². The largest absolute Gasteiger partial charge is 0.399 e. The Bertz CT molecular complexity index is 1080. The van der Waals surface area contributed by atoms with Gasteiger partial charge < -0.3 is 5.73 Å². The van der Waals surface area contributed by atoms with Gasteiger partial charge in [-0.3, -0.25) is 9.36 Å². The van der Waals surface area contributed by atoms with Gasteiger partial charge in [-0.05, 0) is 54.1 Å². The number of halogens is 1. The molecule has 2 aromatic heterocycles. The summed E-state index contributed by atoms with van der Waals surface area (Å²) in [7, 11) is 0. The molecule has 0 aliphatic rings. The monoisotopic (exact) mass is 352 g/mol. The van der Waals surface area contributed by atoms with E-state index >= 15 is 0 Å². The van der Waals surface area contributed by atoms with Crippen LogP contribution >= 0.6 is 22.9 Å². The highest BCUT2D eigenvalue weighted by atomic mass is 35.5. The first kappa shape index (κ1) is 15.0. The van der Waals surface area contributed by atoms with Gasteiger partial charge in [-0.25, -0.2) is 0 Å². The Morgan fingerprint density at radius 3 is 2.38 bits per heavy atom. The number of nitrogens with zero attached hydrogens (tertiary/aromatic N) is 1. The fourth-order valence-electron chi connectivity index (χ4n) is 2.62. The van der Waals surface area contributed by atoms with Crippen LogP contribution in [0.25, 0.3) is 26.2 Å². The lowest BCUT2D eigenvalue weighted by Gasteiger charge is -2.05. The van der Waals surface area contributed by atoms with E-state index in [1.54, 1.807) is 22.9 Å². The highest BCUT2D eigenvalue weighted by molar-refractivity contribution is 7.22. The van der Waals surface area contributed by atoms with Crippen molar-refractivity contribution in [2.75, 3.05) is 5.73 Å². The Morgan fingerprint density at radius 1 is 0.958 bits per heavy atom. The van der Waals surface area contributed by atoms with Gasteiger partial charge in [0.25, 0.3) is 5.56 Å². The molecule has 4 rings (SSSR count). The molecule has 2 N–H and O–H groups in total. The lowest BCUT2D eigenvalue weighted by atomic mass is 10.2. The van der Waals surface area contributed by atoms with Crippen LogP contribution in [0.5, 0.6) is 0 Å². The second kappa shape index (κ2) is 5.82. The van der Waals surface area contributed by atoms with Crippen molar-refractivity contribution >= 4 is 38.7 Å². The average molecular weight is 353 g/mol. The molecule has 0 saturated heterocycles. The standard InChI is InChI=1S/C19H13ClN2OS/c20-14-3-1-12(2-4-14)17-11-13-9-10-22(19(23)18(13)24-17)16-7-5-15(21)6-8-16/h1-11H,21H2. The number of fused-ring (bicyclic) bond motifs is 1. The number of anilines is 1. The highest BCUT2D eigenvalue weighted by Crippen LogP contribution is 2.32. The number of hydrogen-bond donors (Lipinski definition) is 1. The molecule has 0 radical (unpaired) electrons. The van der Waals surface area contributed by atoms with Gasteiger partial charge in [-0.2, -0.15) is 0 Å². The number of rotatable bonds is 2. The minimum absolute atomic E-state index is 0.0255. The quantitative estimate of drug-likeness (QED) is 0.518. The summed E-state index contributed by atoms with van der Waals surface area (Å²) in [4.78, 5) is 13.9. The Kier molecular flexibility index (Phi) is 3.63. The molecule has 0 unspecified atom stereocenters. The van der Waals surface area contributed by atoms with Gasteiger partial charge in [-0.15, -0.1) is 11.3 Å². The molecule has 0 aliphatic heterocycles. The van der Waals surface area contributed by atoms with Crippen molar-refractivity contribution in [2.45, 2.75) is 0 Å². The van der Waals surface area contributed by atoms with Crippen LogP contribution in [0.15, 0.2) is 71.7 Å². The Morgan fingerprint density at radius 2 is 1.67 bits per heavy atom. The average Bonchev–Trinajstić information content (AvgIpc) is 3.02. The maximum Gasteiger partial charge on any atom is 0.273 e. The van der Waals surface area contributed by atoms with Crippen LogP contribution in [0.2, 0.25) is 5.02 Å². The van der Waals surface area contributed by atoms with E-state index in [0.29, 0.717) is 10.7 Å². The molecule has 3 nitrogen and oxygen atoms in total. The van der Waals surface area contributed by atoms with Crippen molar-refractivity contribution in [1.29, 1.82) is 0 Å². The molecule has 0 saturated carbocycles. The van der Waals surface area contributed by atoms with Gasteiger partial charge in [-0.1, -0.05) is 23.7 Å². The summed E-state index contributed by atoms with van der Waals surface area (Å²) in [6, 6.07) is 18.9. The molecule has 4 aromatic rings. The Balaban J connectivity index is 1.86. The van der Waals surface area contributed by atoms with E-state index in [1.807, 2.05) is 48.5 Å². The van der Waals surface area contributed by atoms with Crippen molar-refractivity contribution in [1.82, 2.24) is 4.57 Å². The predicted molar refractivity (Wildman–Crippen MR) is 102 cm³/mol. The van der Waals surface area contributed by atoms with Crippen LogP contribution in [0, 0.1) is 0 Å².